The average molecular weight is 301 g/mol. The maximum atomic E-state index is 11.9. The number of hydrogen-bond donors (Lipinski definition) is 3. The summed E-state index contributed by atoms with van der Waals surface area (Å²) in [6.45, 7) is 3.48. The predicted octanol–water partition coefficient (Wildman–Crippen LogP) is -1.20. The highest BCUT2D eigenvalue weighted by Gasteiger charge is 2.22. The van der Waals surface area contributed by atoms with E-state index in [2.05, 4.69) is 15.4 Å². The molecule has 0 bridgehead atoms. The van der Waals surface area contributed by atoms with E-state index in [1.54, 1.807) is 0 Å². The number of rotatable bonds is 7. The summed E-state index contributed by atoms with van der Waals surface area (Å²) < 4.78 is 4.46. The lowest BCUT2D eigenvalue weighted by molar-refractivity contribution is -0.144. The lowest BCUT2D eigenvalue weighted by atomic mass is 10.1. The number of carbonyl (C=O) groups is 3. The van der Waals surface area contributed by atoms with E-state index < -0.39 is 18.0 Å². The van der Waals surface area contributed by atoms with Gasteiger partial charge in [0.15, 0.2) is 0 Å². The Bertz CT molecular complexity index is 367. The first-order chi connectivity index (χ1) is 10.0. The zero-order chi connectivity index (χ0) is 15.7. The topological polar surface area (TPSA) is 108 Å². The van der Waals surface area contributed by atoms with Crippen molar-refractivity contribution in [1.82, 2.24) is 15.5 Å². The van der Waals surface area contributed by atoms with E-state index in [4.69, 9.17) is 5.11 Å². The van der Waals surface area contributed by atoms with Gasteiger partial charge in [0, 0.05) is 19.5 Å². The summed E-state index contributed by atoms with van der Waals surface area (Å²) in [5, 5.41) is 14.8. The van der Waals surface area contributed by atoms with Crippen molar-refractivity contribution in [1.29, 1.82) is 0 Å². The molecule has 1 atom stereocenters. The molecule has 120 valence electrons. The fraction of sp³-hybridized carbons (Fsp3) is 0.769. The summed E-state index contributed by atoms with van der Waals surface area (Å²) in [5.41, 5.74) is 0. The number of aliphatic carboxylic acids is 1. The van der Waals surface area contributed by atoms with Crippen molar-refractivity contribution in [3.63, 3.8) is 0 Å². The maximum absolute atomic E-state index is 11.9. The second-order valence-electron chi connectivity index (χ2n) is 4.95. The number of hydrogen-bond acceptors (Lipinski definition) is 6. The van der Waals surface area contributed by atoms with E-state index in [9.17, 15) is 14.4 Å². The third-order valence-corrected chi connectivity index (χ3v) is 3.30. The minimum atomic E-state index is -1.15. The number of amides is 1. The summed E-state index contributed by atoms with van der Waals surface area (Å²) in [6.07, 6.45) is 0.939. The normalized spacial score (nSPS) is 17.6. The number of nitrogens with zero attached hydrogens (tertiary/aromatic N) is 1. The Kier molecular flexibility index (Phi) is 7.70. The molecule has 1 aliphatic rings. The van der Waals surface area contributed by atoms with E-state index in [0.29, 0.717) is 0 Å². The number of carboxylic acids is 1. The lowest BCUT2D eigenvalue weighted by Gasteiger charge is -2.20. The van der Waals surface area contributed by atoms with Crippen LogP contribution in [0.15, 0.2) is 0 Å². The fourth-order valence-electron chi connectivity index (χ4n) is 2.12. The molecular weight excluding hydrogens is 278 g/mol. The summed E-state index contributed by atoms with van der Waals surface area (Å²) >= 11 is 0. The zero-order valence-corrected chi connectivity index (χ0v) is 12.3. The lowest BCUT2D eigenvalue weighted by Crippen LogP contribution is -2.46. The third kappa shape index (κ3) is 7.05. The van der Waals surface area contributed by atoms with Crippen LogP contribution in [0.4, 0.5) is 0 Å². The van der Waals surface area contributed by atoms with Gasteiger partial charge in [-0.1, -0.05) is 0 Å². The second-order valence-corrected chi connectivity index (χ2v) is 4.95. The largest absolute Gasteiger partial charge is 0.480 e. The van der Waals surface area contributed by atoms with Crippen molar-refractivity contribution >= 4 is 17.8 Å². The minimum absolute atomic E-state index is 0.0231. The van der Waals surface area contributed by atoms with Gasteiger partial charge in [-0.2, -0.15) is 0 Å². The molecule has 1 rings (SSSR count). The molecule has 0 aromatic rings. The Morgan fingerprint density at radius 2 is 2.10 bits per heavy atom. The van der Waals surface area contributed by atoms with Crippen molar-refractivity contribution in [3.05, 3.63) is 0 Å². The van der Waals surface area contributed by atoms with Crippen LogP contribution in [0.1, 0.15) is 19.3 Å². The molecule has 0 radical (unpaired) electrons. The molecule has 21 heavy (non-hydrogen) atoms. The van der Waals surface area contributed by atoms with Crippen molar-refractivity contribution < 1.29 is 24.2 Å². The molecule has 1 aliphatic heterocycles. The highest BCUT2D eigenvalue weighted by Crippen LogP contribution is 2.01. The Morgan fingerprint density at radius 1 is 1.33 bits per heavy atom. The Hall–Kier alpha value is -1.67. The Morgan fingerprint density at radius 3 is 2.76 bits per heavy atom. The van der Waals surface area contributed by atoms with Gasteiger partial charge in [-0.3, -0.25) is 14.5 Å². The van der Waals surface area contributed by atoms with Crippen molar-refractivity contribution in [2.75, 3.05) is 39.8 Å². The number of nitrogens with one attached hydrogen (secondary N) is 2. The van der Waals surface area contributed by atoms with Gasteiger partial charge in [0.2, 0.25) is 5.91 Å². The zero-order valence-electron chi connectivity index (χ0n) is 12.3. The molecule has 0 aromatic carbocycles. The van der Waals surface area contributed by atoms with Crippen LogP contribution in [0, 0.1) is 0 Å². The molecule has 0 aromatic heterocycles. The molecule has 1 heterocycles. The summed E-state index contributed by atoms with van der Waals surface area (Å²) in [4.78, 5) is 36.0. The van der Waals surface area contributed by atoms with Crippen LogP contribution in [-0.2, 0) is 19.1 Å². The number of ether oxygens (including phenoxy) is 1. The van der Waals surface area contributed by atoms with E-state index in [1.165, 1.54) is 7.11 Å². The van der Waals surface area contributed by atoms with E-state index in [-0.39, 0.29) is 25.3 Å². The van der Waals surface area contributed by atoms with Crippen LogP contribution in [0.3, 0.4) is 0 Å². The maximum Gasteiger partial charge on any atom is 0.326 e. The van der Waals surface area contributed by atoms with Crippen LogP contribution in [-0.4, -0.2) is 73.7 Å². The molecule has 3 N–H and O–H groups in total. The first kappa shape index (κ1) is 17.4. The Balaban J connectivity index is 2.40. The first-order valence-electron chi connectivity index (χ1n) is 7.05. The molecule has 0 aliphatic carbocycles. The highest BCUT2D eigenvalue weighted by molar-refractivity contribution is 5.85. The quantitative estimate of drug-likeness (QED) is 0.507. The van der Waals surface area contributed by atoms with Crippen LogP contribution in [0.25, 0.3) is 0 Å². The van der Waals surface area contributed by atoms with Crippen LogP contribution >= 0.6 is 0 Å². The predicted molar refractivity (Wildman–Crippen MR) is 74.7 cm³/mol. The van der Waals surface area contributed by atoms with Gasteiger partial charge in [-0.15, -0.1) is 0 Å². The van der Waals surface area contributed by atoms with Crippen molar-refractivity contribution in [2.24, 2.45) is 0 Å². The number of carbonyl (C=O) groups excluding carboxylic acids is 2. The van der Waals surface area contributed by atoms with Gasteiger partial charge in [0.05, 0.1) is 13.7 Å². The highest BCUT2D eigenvalue weighted by atomic mass is 16.5. The SMILES string of the molecule is COC(=O)CC[C@H](NC(=O)CN1CCCNCC1)C(=O)O. The first-order valence-corrected chi connectivity index (χ1v) is 7.05. The number of methoxy groups -OCH3 is 1. The standard InChI is InChI=1S/C13H23N3O5/c1-21-12(18)4-3-10(13(19)20)15-11(17)9-16-7-2-5-14-6-8-16/h10,14H,2-9H2,1H3,(H,15,17)(H,19,20)/t10-/m0/s1. The van der Waals surface area contributed by atoms with Crippen LogP contribution in [0.5, 0.6) is 0 Å². The molecule has 0 saturated carbocycles. The molecule has 1 saturated heterocycles. The molecule has 0 unspecified atom stereocenters. The molecule has 0 spiro atoms. The van der Waals surface area contributed by atoms with E-state index in [1.807, 2.05) is 4.90 Å². The van der Waals surface area contributed by atoms with Gasteiger partial charge in [0.25, 0.3) is 0 Å². The second kappa shape index (κ2) is 9.30. The van der Waals surface area contributed by atoms with Crippen LogP contribution in [0.2, 0.25) is 0 Å². The van der Waals surface area contributed by atoms with Gasteiger partial charge < -0.3 is 20.5 Å². The van der Waals surface area contributed by atoms with Crippen LogP contribution < -0.4 is 10.6 Å². The molecule has 1 amide bonds. The minimum Gasteiger partial charge on any atom is -0.480 e. The third-order valence-electron chi connectivity index (χ3n) is 3.30. The smallest absolute Gasteiger partial charge is 0.326 e. The van der Waals surface area contributed by atoms with Crippen molar-refractivity contribution in [2.45, 2.75) is 25.3 Å². The summed E-state index contributed by atoms with van der Waals surface area (Å²) in [5.74, 6) is -1.98. The summed E-state index contributed by atoms with van der Waals surface area (Å²) in [7, 11) is 1.24. The number of carboxylic acid groups (broad SMARTS) is 1. The average Bonchev–Trinajstić information content (AvgIpc) is 2.71. The van der Waals surface area contributed by atoms with Gasteiger partial charge >= 0.3 is 11.9 Å². The van der Waals surface area contributed by atoms with E-state index in [0.717, 1.165) is 32.6 Å². The molecular formula is C13H23N3O5. The molecule has 8 heteroatoms. The monoisotopic (exact) mass is 301 g/mol. The Labute approximate surface area is 123 Å². The van der Waals surface area contributed by atoms with E-state index >= 15 is 0 Å². The molecule has 1 fully saturated rings. The fourth-order valence-corrected chi connectivity index (χ4v) is 2.12. The molecule has 8 nitrogen and oxygen atoms in total. The van der Waals surface area contributed by atoms with Crippen molar-refractivity contribution in [3.8, 4) is 0 Å². The van der Waals surface area contributed by atoms with Gasteiger partial charge in [-0.25, -0.2) is 4.79 Å². The van der Waals surface area contributed by atoms with Gasteiger partial charge in [0.1, 0.15) is 6.04 Å². The van der Waals surface area contributed by atoms with Gasteiger partial charge in [-0.05, 0) is 25.9 Å². The number of esters is 1. The summed E-state index contributed by atoms with van der Waals surface area (Å²) in [6, 6.07) is -1.07.